The molecule has 1 aromatic rings. The number of halogens is 7. The van der Waals surface area contributed by atoms with Crippen molar-refractivity contribution in [2.45, 2.75) is 22.3 Å². The summed E-state index contributed by atoms with van der Waals surface area (Å²) in [5.74, 6) is -8.66. The summed E-state index contributed by atoms with van der Waals surface area (Å²) in [5.41, 5.74) is 0. The average molecular weight is 406 g/mol. The topological polar surface area (TPSA) is 66.4 Å². The quantitative estimate of drug-likeness (QED) is 0.686. The van der Waals surface area contributed by atoms with Crippen molar-refractivity contribution in [1.82, 2.24) is 4.72 Å². The molecule has 0 fully saturated rings. The summed E-state index contributed by atoms with van der Waals surface area (Å²) in [6, 6.07) is -0.599. The van der Waals surface area contributed by atoms with E-state index in [1.54, 1.807) is 0 Å². The van der Waals surface area contributed by atoms with Gasteiger partial charge in [0.1, 0.15) is 10.1 Å². The second-order valence-corrected chi connectivity index (χ2v) is 8.04. The van der Waals surface area contributed by atoms with Crippen LogP contribution in [0.25, 0.3) is 0 Å². The lowest BCUT2D eigenvalue weighted by Crippen LogP contribution is -2.56. The number of aliphatic hydroxyl groups excluding tert-OH is 1. The van der Waals surface area contributed by atoms with E-state index in [4.69, 9.17) is 16.7 Å². The summed E-state index contributed by atoms with van der Waals surface area (Å²) in [4.78, 5) is 0. The van der Waals surface area contributed by atoms with E-state index in [-0.39, 0.29) is 4.34 Å². The van der Waals surface area contributed by atoms with Crippen LogP contribution in [0.2, 0.25) is 4.34 Å². The molecule has 134 valence electrons. The lowest BCUT2D eigenvalue weighted by molar-refractivity contribution is -0.252. The van der Waals surface area contributed by atoms with Crippen LogP contribution in [0, 0.1) is 5.92 Å². The summed E-state index contributed by atoms with van der Waals surface area (Å²) in [5, 5.41) is 8.93. The molecular formula is C10H10ClF6NO3S2. The number of sulfonamides is 1. The van der Waals surface area contributed by atoms with E-state index in [2.05, 4.69) is 0 Å². The first kappa shape index (κ1) is 20.5. The van der Waals surface area contributed by atoms with Crippen LogP contribution in [0.3, 0.4) is 0 Å². The van der Waals surface area contributed by atoms with Crippen molar-refractivity contribution in [3.05, 3.63) is 16.5 Å². The van der Waals surface area contributed by atoms with Crippen molar-refractivity contribution >= 4 is 33.0 Å². The molecule has 1 aromatic heterocycles. The molecule has 1 unspecified atom stereocenters. The molecule has 1 rings (SSSR count). The highest BCUT2D eigenvalue weighted by molar-refractivity contribution is 7.91. The zero-order valence-corrected chi connectivity index (χ0v) is 13.3. The van der Waals surface area contributed by atoms with Gasteiger partial charge in [-0.15, -0.1) is 11.3 Å². The van der Waals surface area contributed by atoms with Gasteiger partial charge in [0, 0.05) is 0 Å². The van der Waals surface area contributed by atoms with Crippen LogP contribution in [0.1, 0.15) is 0 Å². The second kappa shape index (κ2) is 7.13. The molecule has 1 heterocycles. The van der Waals surface area contributed by atoms with Crippen molar-refractivity contribution in [3.63, 3.8) is 0 Å². The number of rotatable bonds is 7. The molecule has 2 N–H and O–H groups in total. The maximum Gasteiger partial charge on any atom is 0.399 e. The largest absolute Gasteiger partial charge is 0.399 e. The van der Waals surface area contributed by atoms with Crippen molar-refractivity contribution in [1.29, 1.82) is 0 Å². The molecule has 0 saturated carbocycles. The van der Waals surface area contributed by atoms with E-state index in [1.165, 1.54) is 4.72 Å². The zero-order chi connectivity index (χ0) is 18.1. The minimum atomic E-state index is -5.65. The number of aliphatic hydroxyl groups is 1. The van der Waals surface area contributed by atoms with Gasteiger partial charge < -0.3 is 5.11 Å². The molecule has 0 aliphatic rings. The van der Waals surface area contributed by atoms with Crippen molar-refractivity contribution < 1.29 is 39.9 Å². The fraction of sp³-hybridized carbons (Fsp3) is 0.600. The van der Waals surface area contributed by atoms with Gasteiger partial charge in [-0.2, -0.15) is 13.2 Å². The zero-order valence-electron chi connectivity index (χ0n) is 10.9. The molecule has 13 heteroatoms. The first-order valence-electron chi connectivity index (χ1n) is 5.74. The van der Waals surface area contributed by atoms with Gasteiger partial charge in [-0.05, 0) is 12.1 Å². The third kappa shape index (κ3) is 4.95. The molecule has 0 amide bonds. The van der Waals surface area contributed by atoms with Gasteiger partial charge >= 0.3 is 6.18 Å². The average Bonchev–Trinajstić information content (AvgIpc) is 2.83. The third-order valence-electron chi connectivity index (χ3n) is 2.70. The van der Waals surface area contributed by atoms with Crippen molar-refractivity contribution in [3.8, 4) is 0 Å². The Morgan fingerprint density at radius 2 is 1.83 bits per heavy atom. The standard InChI is InChI=1S/C10H10ClF6NO3S2/c11-6-1-2-7(22-6)23(20,21)18-5(3-19)8(10(15,16)17)9(13,14)4-12/h1-2,5,8,18-19H,3-4H2/t5-,8?/m1/s1. The Kier molecular flexibility index (Phi) is 6.35. The Balaban J connectivity index is 3.19. The SMILES string of the molecule is O=S(=O)(N[C@H](CO)C(C(F)(F)F)C(F)(F)CF)c1ccc(Cl)s1. The number of thiophene rings is 1. The molecule has 0 spiro atoms. The first-order chi connectivity index (χ1) is 10.3. The molecule has 2 atom stereocenters. The Hall–Kier alpha value is -0.560. The predicted octanol–water partition coefficient (Wildman–Crippen LogP) is 2.82. The van der Waals surface area contributed by atoms with Crippen molar-refractivity contribution in [2.24, 2.45) is 5.92 Å². The fourth-order valence-electron chi connectivity index (χ4n) is 1.76. The highest BCUT2D eigenvalue weighted by atomic mass is 35.5. The molecule has 0 aliphatic carbocycles. The third-order valence-corrected chi connectivity index (χ3v) is 5.92. The minimum Gasteiger partial charge on any atom is -0.395 e. The summed E-state index contributed by atoms with van der Waals surface area (Å²) in [7, 11) is -4.66. The van der Waals surface area contributed by atoms with Crippen LogP contribution in [0.15, 0.2) is 16.3 Å². The first-order valence-corrected chi connectivity index (χ1v) is 8.42. The van der Waals surface area contributed by atoms with Gasteiger partial charge in [-0.25, -0.2) is 26.3 Å². The monoisotopic (exact) mass is 405 g/mol. The van der Waals surface area contributed by atoms with Gasteiger partial charge in [0.05, 0.1) is 17.0 Å². The molecule has 23 heavy (non-hydrogen) atoms. The van der Waals surface area contributed by atoms with Crippen molar-refractivity contribution in [2.75, 3.05) is 13.3 Å². The Bertz CT molecular complexity index is 633. The van der Waals surface area contributed by atoms with Crippen LogP contribution >= 0.6 is 22.9 Å². The lowest BCUT2D eigenvalue weighted by atomic mass is 9.93. The Morgan fingerprint density at radius 1 is 1.26 bits per heavy atom. The summed E-state index contributed by atoms with van der Waals surface area (Å²) in [6.45, 7) is -4.28. The predicted molar refractivity (Wildman–Crippen MR) is 71.0 cm³/mol. The molecule has 0 aromatic carbocycles. The highest BCUT2D eigenvalue weighted by Crippen LogP contribution is 2.41. The molecule has 0 aliphatic heterocycles. The normalized spacial score (nSPS) is 16.3. The smallest absolute Gasteiger partial charge is 0.395 e. The minimum absolute atomic E-state index is 0.00705. The van der Waals surface area contributed by atoms with Gasteiger partial charge in [0.2, 0.25) is 10.0 Å². The number of hydrogen-bond acceptors (Lipinski definition) is 4. The van der Waals surface area contributed by atoms with E-state index in [0.29, 0.717) is 11.3 Å². The number of alkyl halides is 6. The van der Waals surface area contributed by atoms with E-state index in [0.717, 1.165) is 12.1 Å². The summed E-state index contributed by atoms with van der Waals surface area (Å²) in [6.07, 6.45) is -5.65. The molecule has 4 nitrogen and oxygen atoms in total. The van der Waals surface area contributed by atoms with Crippen LogP contribution < -0.4 is 4.72 Å². The fourth-order valence-corrected chi connectivity index (χ4v) is 4.49. The van der Waals surface area contributed by atoms with Gasteiger partial charge in [-0.1, -0.05) is 11.6 Å². The van der Waals surface area contributed by atoms with E-state index < -0.39 is 51.6 Å². The van der Waals surface area contributed by atoms with Crippen LogP contribution in [0.5, 0.6) is 0 Å². The van der Waals surface area contributed by atoms with Crippen LogP contribution in [0.4, 0.5) is 26.3 Å². The van der Waals surface area contributed by atoms with Gasteiger partial charge in [-0.3, -0.25) is 0 Å². The Morgan fingerprint density at radius 3 is 2.17 bits per heavy atom. The van der Waals surface area contributed by atoms with E-state index >= 15 is 0 Å². The number of hydrogen-bond donors (Lipinski definition) is 2. The molecule has 0 bridgehead atoms. The van der Waals surface area contributed by atoms with Crippen LogP contribution in [-0.2, 0) is 10.0 Å². The summed E-state index contributed by atoms with van der Waals surface area (Å²) >= 11 is 5.96. The Labute approximate surface area is 136 Å². The maximum absolute atomic E-state index is 13.3. The molecular weight excluding hydrogens is 396 g/mol. The molecule has 0 saturated heterocycles. The van der Waals surface area contributed by atoms with E-state index in [1.807, 2.05) is 0 Å². The van der Waals surface area contributed by atoms with Gasteiger partial charge in [0.15, 0.2) is 6.67 Å². The van der Waals surface area contributed by atoms with Gasteiger partial charge in [0.25, 0.3) is 5.92 Å². The maximum atomic E-state index is 13.3. The number of nitrogens with one attached hydrogen (secondary N) is 1. The lowest BCUT2D eigenvalue weighted by Gasteiger charge is -2.32. The summed E-state index contributed by atoms with van der Waals surface area (Å²) < 4.78 is 102. The van der Waals surface area contributed by atoms with Crippen LogP contribution in [-0.4, -0.2) is 44.9 Å². The highest BCUT2D eigenvalue weighted by Gasteiger charge is 2.60. The van der Waals surface area contributed by atoms with E-state index in [9.17, 15) is 34.8 Å². The molecule has 0 radical (unpaired) electrons. The second-order valence-electron chi connectivity index (χ2n) is 4.38.